The van der Waals surface area contributed by atoms with Gasteiger partial charge in [0.05, 0.1) is 5.41 Å². The van der Waals surface area contributed by atoms with E-state index in [1.807, 2.05) is 11.3 Å². The Hall–Kier alpha value is -3.46. The lowest BCUT2D eigenvalue weighted by Crippen LogP contribution is -2.29. The zero-order valence-corrected chi connectivity index (χ0v) is 21.2. The predicted octanol–water partition coefficient (Wildman–Crippen LogP) is 9.66. The van der Waals surface area contributed by atoms with Crippen LogP contribution in [0.4, 0.5) is 0 Å². The third-order valence-electron chi connectivity index (χ3n) is 7.77. The van der Waals surface area contributed by atoms with E-state index < -0.39 is 0 Å². The Morgan fingerprint density at radius 2 is 1.26 bits per heavy atom. The highest BCUT2D eigenvalue weighted by Crippen LogP contribution is 2.59. The summed E-state index contributed by atoms with van der Waals surface area (Å²) in [4.78, 5) is 0. The summed E-state index contributed by atoms with van der Waals surface area (Å²) in [7, 11) is 0. The third-order valence-corrected chi connectivity index (χ3v) is 9.39. The molecule has 2 heteroatoms. The van der Waals surface area contributed by atoms with Gasteiger partial charge in [0.1, 0.15) is 0 Å². The minimum absolute atomic E-state index is 0.376. The van der Waals surface area contributed by atoms with E-state index in [9.17, 15) is 0 Å². The van der Waals surface area contributed by atoms with Crippen molar-refractivity contribution in [2.24, 2.45) is 0 Å². The van der Waals surface area contributed by atoms with Crippen LogP contribution in [0.5, 0.6) is 0 Å². The van der Waals surface area contributed by atoms with Gasteiger partial charge in [-0.15, -0.1) is 11.3 Å². The molecule has 0 radical (unpaired) electrons. The smallest absolute Gasteiger partial charge is 0.0725 e. The molecule has 1 atom stereocenters. The van der Waals surface area contributed by atoms with Gasteiger partial charge in [-0.05, 0) is 74.8 Å². The molecule has 1 heterocycles. The molecule has 0 bridgehead atoms. The molecule has 1 unspecified atom stereocenters. The molecular formula is C33H19BrS. The first-order valence-electron chi connectivity index (χ1n) is 11.9. The zero-order valence-electron chi connectivity index (χ0n) is 18.8. The maximum Gasteiger partial charge on any atom is 0.0725 e. The van der Waals surface area contributed by atoms with Crippen LogP contribution in [0.25, 0.3) is 43.5 Å². The Labute approximate surface area is 216 Å². The normalized spacial score (nSPS) is 17.3. The van der Waals surface area contributed by atoms with Crippen molar-refractivity contribution < 1.29 is 0 Å². The van der Waals surface area contributed by atoms with Crippen molar-refractivity contribution in [1.82, 2.24) is 0 Å². The monoisotopic (exact) mass is 526 g/mol. The lowest BCUT2D eigenvalue weighted by Gasteiger charge is -2.35. The van der Waals surface area contributed by atoms with E-state index >= 15 is 0 Å². The third kappa shape index (κ3) is 2.51. The van der Waals surface area contributed by atoms with Gasteiger partial charge in [0.15, 0.2) is 0 Å². The number of hydrogen-bond acceptors (Lipinski definition) is 1. The molecule has 1 aromatic heterocycles. The highest BCUT2D eigenvalue weighted by atomic mass is 79.9. The van der Waals surface area contributed by atoms with Crippen LogP contribution in [0, 0.1) is 0 Å². The summed E-state index contributed by atoms with van der Waals surface area (Å²) in [6.45, 7) is 0. The van der Waals surface area contributed by atoms with Crippen LogP contribution < -0.4 is 0 Å². The van der Waals surface area contributed by atoms with E-state index in [0.717, 1.165) is 4.47 Å². The van der Waals surface area contributed by atoms with Crippen molar-refractivity contribution in [3.05, 3.63) is 141 Å². The average molecular weight is 527 g/mol. The summed E-state index contributed by atoms with van der Waals surface area (Å²) in [6, 6.07) is 38.5. The molecule has 5 aromatic carbocycles. The molecule has 2 aliphatic rings. The molecule has 0 nitrogen and oxygen atoms in total. The van der Waals surface area contributed by atoms with E-state index in [-0.39, 0.29) is 5.41 Å². The van der Waals surface area contributed by atoms with Crippen molar-refractivity contribution in [1.29, 1.82) is 0 Å². The lowest BCUT2D eigenvalue weighted by molar-refractivity contribution is 0.767. The van der Waals surface area contributed by atoms with E-state index in [0.29, 0.717) is 0 Å². The fourth-order valence-electron chi connectivity index (χ4n) is 6.40. The second-order valence-electron chi connectivity index (χ2n) is 9.44. The molecule has 0 fully saturated rings. The van der Waals surface area contributed by atoms with Crippen molar-refractivity contribution in [2.75, 3.05) is 0 Å². The number of benzene rings is 5. The van der Waals surface area contributed by atoms with Crippen LogP contribution in [-0.4, -0.2) is 0 Å². The van der Waals surface area contributed by atoms with Crippen molar-refractivity contribution in [3.63, 3.8) is 0 Å². The topological polar surface area (TPSA) is 0 Å². The molecule has 0 amide bonds. The maximum absolute atomic E-state index is 3.73. The molecule has 1 spiro atoms. The summed E-state index contributed by atoms with van der Waals surface area (Å²) in [5, 5.41) is 2.70. The van der Waals surface area contributed by atoms with Gasteiger partial charge in [0.25, 0.3) is 0 Å². The number of fused-ring (bicyclic) bond motifs is 12. The van der Waals surface area contributed by atoms with Gasteiger partial charge in [-0.3, -0.25) is 0 Å². The molecule has 0 aliphatic heterocycles. The maximum atomic E-state index is 3.73. The first kappa shape index (κ1) is 19.8. The fraction of sp³-hybridized carbons (Fsp3) is 0.0303. The average Bonchev–Trinajstić information content (AvgIpc) is 3.34. The Bertz CT molecular complexity index is 1870. The van der Waals surface area contributed by atoms with E-state index in [2.05, 4.69) is 131 Å². The quantitative estimate of drug-likeness (QED) is 0.184. The summed E-state index contributed by atoms with van der Waals surface area (Å²) < 4.78 is 3.81. The fourth-order valence-corrected chi connectivity index (χ4v) is 7.90. The Balaban J connectivity index is 1.62. The highest BCUT2D eigenvalue weighted by molar-refractivity contribution is 9.10. The first-order chi connectivity index (χ1) is 17.2. The summed E-state index contributed by atoms with van der Waals surface area (Å²) >= 11 is 5.63. The van der Waals surface area contributed by atoms with Crippen molar-refractivity contribution in [3.8, 4) is 11.1 Å². The van der Waals surface area contributed by atoms with Gasteiger partial charge in [-0.1, -0.05) is 101 Å². The summed E-state index contributed by atoms with van der Waals surface area (Å²) in [5.41, 5.74) is 10.3. The molecule has 164 valence electrons. The first-order valence-corrected chi connectivity index (χ1v) is 13.5. The Kier molecular flexibility index (Phi) is 3.98. The molecule has 8 rings (SSSR count). The van der Waals surface area contributed by atoms with Crippen LogP contribution in [0.3, 0.4) is 0 Å². The number of hydrogen-bond donors (Lipinski definition) is 0. The second-order valence-corrected chi connectivity index (χ2v) is 11.4. The van der Waals surface area contributed by atoms with E-state index in [1.165, 1.54) is 64.7 Å². The van der Waals surface area contributed by atoms with Gasteiger partial charge in [0, 0.05) is 24.6 Å². The minimum Gasteiger partial charge on any atom is -0.135 e. The lowest BCUT2D eigenvalue weighted by atomic mass is 9.66. The second kappa shape index (κ2) is 7.04. The SMILES string of the molecule is Brc1ccc2c(c1)C=Cc1ccccc1C21c2ccccc2-c2cc3sc4ccccc4c3cc21. The molecular weight excluding hydrogens is 508 g/mol. The van der Waals surface area contributed by atoms with Crippen LogP contribution in [0.15, 0.2) is 108 Å². The van der Waals surface area contributed by atoms with Crippen LogP contribution in [-0.2, 0) is 5.41 Å². The van der Waals surface area contributed by atoms with Gasteiger partial charge in [-0.25, -0.2) is 0 Å². The molecule has 6 aromatic rings. The number of halogens is 1. The highest BCUT2D eigenvalue weighted by Gasteiger charge is 2.48. The van der Waals surface area contributed by atoms with Crippen LogP contribution in [0.2, 0.25) is 0 Å². The Morgan fingerprint density at radius 3 is 2.20 bits per heavy atom. The standard InChI is InChI=1S/C33H19BrS/c34-22-15-16-28-21(17-22)14-13-20-7-1-4-10-27(20)33(28)29-11-5-2-8-23(29)25-19-32-26(18-30(25)33)24-9-3-6-12-31(24)35-32/h1-19H. The Morgan fingerprint density at radius 1 is 0.514 bits per heavy atom. The van der Waals surface area contributed by atoms with E-state index in [1.54, 1.807) is 0 Å². The number of thiophene rings is 1. The molecule has 0 N–H and O–H groups in total. The van der Waals surface area contributed by atoms with Gasteiger partial charge in [0.2, 0.25) is 0 Å². The van der Waals surface area contributed by atoms with Gasteiger partial charge < -0.3 is 0 Å². The molecule has 35 heavy (non-hydrogen) atoms. The molecule has 0 saturated carbocycles. The number of rotatable bonds is 0. The van der Waals surface area contributed by atoms with Crippen LogP contribution >= 0.6 is 27.3 Å². The van der Waals surface area contributed by atoms with Crippen LogP contribution in [0.1, 0.15) is 33.4 Å². The van der Waals surface area contributed by atoms with Crippen molar-refractivity contribution in [2.45, 2.75) is 5.41 Å². The summed E-state index contributed by atoms with van der Waals surface area (Å²) in [5.74, 6) is 0. The van der Waals surface area contributed by atoms with Gasteiger partial charge >= 0.3 is 0 Å². The summed E-state index contributed by atoms with van der Waals surface area (Å²) in [6.07, 6.45) is 4.57. The molecule has 2 aliphatic carbocycles. The predicted molar refractivity (Wildman–Crippen MR) is 153 cm³/mol. The van der Waals surface area contributed by atoms with Gasteiger partial charge in [-0.2, -0.15) is 0 Å². The zero-order chi connectivity index (χ0) is 23.1. The largest absolute Gasteiger partial charge is 0.135 e. The van der Waals surface area contributed by atoms with Crippen molar-refractivity contribution >= 4 is 59.6 Å². The van der Waals surface area contributed by atoms with E-state index in [4.69, 9.17) is 0 Å². The molecule has 0 saturated heterocycles. The minimum atomic E-state index is -0.376.